The van der Waals surface area contributed by atoms with E-state index in [1.807, 2.05) is 24.3 Å². The molecule has 0 aliphatic rings. The smallest absolute Gasteiger partial charge is 0.274 e. The summed E-state index contributed by atoms with van der Waals surface area (Å²) < 4.78 is 10.5. The minimum absolute atomic E-state index is 0.303. The Bertz CT molecular complexity index is 985. The number of methoxy groups -OCH3 is 2. The Balaban J connectivity index is 1.75. The van der Waals surface area contributed by atoms with Crippen molar-refractivity contribution in [3.8, 4) is 11.5 Å². The van der Waals surface area contributed by atoms with Crippen molar-refractivity contribution in [2.75, 3.05) is 24.9 Å². The van der Waals surface area contributed by atoms with Crippen molar-refractivity contribution in [2.24, 2.45) is 0 Å². The van der Waals surface area contributed by atoms with E-state index in [1.165, 1.54) is 5.56 Å². The zero-order chi connectivity index (χ0) is 20.8. The van der Waals surface area contributed by atoms with Gasteiger partial charge in [0.05, 0.1) is 31.8 Å². The highest BCUT2D eigenvalue weighted by atomic mass is 16.5. The van der Waals surface area contributed by atoms with Gasteiger partial charge in [-0.3, -0.25) is 4.79 Å². The van der Waals surface area contributed by atoms with Crippen LogP contribution in [-0.4, -0.2) is 25.1 Å². The van der Waals surface area contributed by atoms with Crippen LogP contribution in [0.25, 0.3) is 0 Å². The van der Waals surface area contributed by atoms with Crippen molar-refractivity contribution in [1.29, 1.82) is 0 Å². The second kappa shape index (κ2) is 9.10. The molecule has 0 unspecified atom stereocenters. The summed E-state index contributed by atoms with van der Waals surface area (Å²) >= 11 is 0. The van der Waals surface area contributed by atoms with Crippen LogP contribution in [0.1, 0.15) is 35.8 Å². The van der Waals surface area contributed by atoms with Gasteiger partial charge in [-0.05, 0) is 41.8 Å². The molecule has 29 heavy (non-hydrogen) atoms. The van der Waals surface area contributed by atoms with E-state index in [9.17, 15) is 4.79 Å². The monoisotopic (exact) mass is 391 g/mol. The van der Waals surface area contributed by atoms with Gasteiger partial charge in [0.2, 0.25) is 0 Å². The molecule has 2 aromatic carbocycles. The molecule has 0 aliphatic carbocycles. The number of rotatable bonds is 7. The largest absolute Gasteiger partial charge is 0.497 e. The first-order valence-corrected chi connectivity index (χ1v) is 9.37. The average Bonchev–Trinajstić information content (AvgIpc) is 2.74. The minimum Gasteiger partial charge on any atom is -0.497 e. The van der Waals surface area contributed by atoms with Crippen LogP contribution in [0.4, 0.5) is 17.1 Å². The molecule has 2 N–H and O–H groups in total. The van der Waals surface area contributed by atoms with Gasteiger partial charge >= 0.3 is 0 Å². The van der Waals surface area contributed by atoms with Crippen LogP contribution in [0.3, 0.4) is 0 Å². The third kappa shape index (κ3) is 4.85. The van der Waals surface area contributed by atoms with Gasteiger partial charge in [-0.1, -0.05) is 32.0 Å². The predicted molar refractivity (Wildman–Crippen MR) is 116 cm³/mol. The van der Waals surface area contributed by atoms with E-state index in [0.717, 1.165) is 11.4 Å². The Labute approximate surface area is 170 Å². The van der Waals surface area contributed by atoms with Crippen LogP contribution >= 0.6 is 0 Å². The first kappa shape index (κ1) is 20.2. The molecule has 6 nitrogen and oxygen atoms in total. The second-order valence-electron chi connectivity index (χ2n) is 6.82. The summed E-state index contributed by atoms with van der Waals surface area (Å²) in [6.07, 6.45) is 1.65. The lowest BCUT2D eigenvalue weighted by atomic mass is 10.0. The summed E-state index contributed by atoms with van der Waals surface area (Å²) in [7, 11) is 3.11. The predicted octanol–water partition coefficient (Wildman–Crippen LogP) is 5.22. The Hall–Kier alpha value is -3.54. The molecule has 150 valence electrons. The highest BCUT2D eigenvalue weighted by molar-refractivity contribution is 6.04. The van der Waals surface area contributed by atoms with E-state index >= 15 is 0 Å². The van der Waals surface area contributed by atoms with Crippen LogP contribution in [0.5, 0.6) is 11.5 Å². The van der Waals surface area contributed by atoms with Gasteiger partial charge in [0.25, 0.3) is 5.91 Å². The summed E-state index contributed by atoms with van der Waals surface area (Å²) in [5.41, 5.74) is 3.89. The maximum atomic E-state index is 12.6. The maximum Gasteiger partial charge on any atom is 0.274 e. The van der Waals surface area contributed by atoms with Crippen molar-refractivity contribution < 1.29 is 14.3 Å². The molecule has 0 atom stereocenters. The maximum absolute atomic E-state index is 12.6. The molecular weight excluding hydrogens is 366 g/mol. The number of aromatic nitrogens is 1. The van der Waals surface area contributed by atoms with E-state index in [0.29, 0.717) is 28.8 Å². The van der Waals surface area contributed by atoms with Gasteiger partial charge in [-0.25, -0.2) is 4.98 Å². The summed E-state index contributed by atoms with van der Waals surface area (Å²) in [6.45, 7) is 4.30. The molecule has 0 saturated heterocycles. The number of nitrogens with one attached hydrogen (secondary N) is 2. The van der Waals surface area contributed by atoms with Gasteiger partial charge in [-0.2, -0.15) is 0 Å². The van der Waals surface area contributed by atoms with Crippen molar-refractivity contribution >= 4 is 23.0 Å². The fourth-order valence-corrected chi connectivity index (χ4v) is 2.97. The SMILES string of the molecule is COc1ccc(OC)c(NC(=O)c2ccc(Nc3ccccc3C(C)C)cn2)c1. The van der Waals surface area contributed by atoms with Crippen molar-refractivity contribution in [2.45, 2.75) is 19.8 Å². The van der Waals surface area contributed by atoms with Crippen molar-refractivity contribution in [1.82, 2.24) is 4.98 Å². The molecule has 0 fully saturated rings. The number of amides is 1. The van der Waals surface area contributed by atoms with E-state index in [2.05, 4.69) is 35.5 Å². The van der Waals surface area contributed by atoms with E-state index < -0.39 is 0 Å². The number of anilines is 3. The highest BCUT2D eigenvalue weighted by Gasteiger charge is 2.13. The molecule has 1 heterocycles. The van der Waals surface area contributed by atoms with Gasteiger partial charge in [-0.15, -0.1) is 0 Å². The van der Waals surface area contributed by atoms with Gasteiger partial charge in [0.15, 0.2) is 0 Å². The number of para-hydroxylation sites is 1. The number of nitrogens with zero attached hydrogens (tertiary/aromatic N) is 1. The summed E-state index contributed by atoms with van der Waals surface area (Å²) in [5.74, 6) is 1.24. The minimum atomic E-state index is -0.328. The Kier molecular flexibility index (Phi) is 6.34. The first-order valence-electron chi connectivity index (χ1n) is 9.37. The number of ether oxygens (including phenoxy) is 2. The van der Waals surface area contributed by atoms with Crippen molar-refractivity contribution in [3.05, 3.63) is 72.1 Å². The molecule has 3 rings (SSSR count). The third-order valence-electron chi connectivity index (χ3n) is 4.51. The van der Waals surface area contributed by atoms with Gasteiger partial charge in [0.1, 0.15) is 17.2 Å². The lowest BCUT2D eigenvalue weighted by Crippen LogP contribution is -2.14. The van der Waals surface area contributed by atoms with Crippen molar-refractivity contribution in [3.63, 3.8) is 0 Å². The number of carbonyl (C=O) groups is 1. The average molecular weight is 391 g/mol. The van der Waals surface area contributed by atoms with E-state index in [1.54, 1.807) is 44.7 Å². The summed E-state index contributed by atoms with van der Waals surface area (Å²) in [4.78, 5) is 16.9. The van der Waals surface area contributed by atoms with Crippen LogP contribution in [0.15, 0.2) is 60.8 Å². The quantitative estimate of drug-likeness (QED) is 0.578. The van der Waals surface area contributed by atoms with E-state index in [-0.39, 0.29) is 5.91 Å². The molecule has 0 radical (unpaired) electrons. The van der Waals surface area contributed by atoms with Crippen LogP contribution < -0.4 is 20.1 Å². The van der Waals surface area contributed by atoms with Crippen LogP contribution in [-0.2, 0) is 0 Å². The molecule has 1 aromatic heterocycles. The molecule has 0 aliphatic heterocycles. The fourth-order valence-electron chi connectivity index (χ4n) is 2.97. The van der Waals surface area contributed by atoms with Gasteiger partial charge in [0, 0.05) is 11.8 Å². The lowest BCUT2D eigenvalue weighted by Gasteiger charge is -2.14. The number of hydrogen-bond acceptors (Lipinski definition) is 5. The second-order valence-corrected chi connectivity index (χ2v) is 6.82. The molecule has 1 amide bonds. The zero-order valence-corrected chi connectivity index (χ0v) is 17.0. The fraction of sp³-hybridized carbons (Fsp3) is 0.217. The first-order chi connectivity index (χ1) is 14.0. The number of pyridine rings is 1. The van der Waals surface area contributed by atoms with Gasteiger partial charge < -0.3 is 20.1 Å². The molecule has 3 aromatic rings. The normalized spacial score (nSPS) is 10.5. The Morgan fingerprint density at radius 3 is 2.41 bits per heavy atom. The molecular formula is C23H25N3O3. The standard InChI is InChI=1S/C23H25N3O3/c1-15(2)18-7-5-6-8-19(18)25-16-9-11-20(24-14-16)23(27)26-21-13-17(28-3)10-12-22(21)29-4/h5-15,25H,1-4H3,(H,26,27). The molecule has 0 saturated carbocycles. The number of hydrogen-bond donors (Lipinski definition) is 2. The van der Waals surface area contributed by atoms with E-state index in [4.69, 9.17) is 9.47 Å². The molecule has 0 bridgehead atoms. The Morgan fingerprint density at radius 2 is 1.76 bits per heavy atom. The number of benzene rings is 2. The summed E-state index contributed by atoms with van der Waals surface area (Å²) in [6, 6.07) is 16.9. The highest BCUT2D eigenvalue weighted by Crippen LogP contribution is 2.29. The zero-order valence-electron chi connectivity index (χ0n) is 17.0. The third-order valence-corrected chi connectivity index (χ3v) is 4.51. The molecule has 0 spiro atoms. The lowest BCUT2D eigenvalue weighted by molar-refractivity contribution is 0.102. The van der Waals surface area contributed by atoms with Crippen LogP contribution in [0.2, 0.25) is 0 Å². The summed E-state index contributed by atoms with van der Waals surface area (Å²) in [5, 5.41) is 6.19. The number of carbonyl (C=O) groups excluding carboxylic acids is 1. The molecule has 6 heteroatoms. The topological polar surface area (TPSA) is 72.5 Å². The van der Waals surface area contributed by atoms with Crippen LogP contribution in [0, 0.1) is 0 Å². The Morgan fingerprint density at radius 1 is 0.966 bits per heavy atom.